The average molecular weight is 327 g/mol. The lowest BCUT2D eigenvalue weighted by Crippen LogP contribution is -2.15. The molecule has 0 fully saturated rings. The van der Waals surface area contributed by atoms with Crippen molar-refractivity contribution >= 4 is 33.0 Å². The number of benzene rings is 1. The number of aliphatic hydroxyl groups is 1. The van der Waals surface area contributed by atoms with E-state index in [2.05, 4.69) is 9.46 Å². The lowest BCUT2D eigenvalue weighted by atomic mass is 10.2. The molecule has 0 aliphatic heterocycles. The highest BCUT2D eigenvalue weighted by atomic mass is 32.2. The van der Waals surface area contributed by atoms with Crippen LogP contribution in [0.1, 0.15) is 15.2 Å². The number of esters is 1. The van der Waals surface area contributed by atoms with Crippen molar-refractivity contribution in [1.29, 1.82) is 0 Å². The van der Waals surface area contributed by atoms with E-state index in [1.807, 2.05) is 0 Å². The quantitative estimate of drug-likeness (QED) is 0.817. The van der Waals surface area contributed by atoms with Crippen LogP contribution >= 0.6 is 11.3 Å². The van der Waals surface area contributed by atoms with Crippen LogP contribution in [-0.4, -0.2) is 26.6 Å². The van der Waals surface area contributed by atoms with Crippen molar-refractivity contribution in [2.24, 2.45) is 0 Å². The van der Waals surface area contributed by atoms with Crippen LogP contribution in [0.25, 0.3) is 0 Å². The summed E-state index contributed by atoms with van der Waals surface area (Å²) < 4.78 is 31.6. The molecule has 0 amide bonds. The molecule has 0 spiro atoms. The molecule has 0 aliphatic carbocycles. The van der Waals surface area contributed by atoms with E-state index in [1.165, 1.54) is 24.6 Å². The molecule has 2 N–H and O–H groups in total. The Morgan fingerprint density at radius 1 is 1.38 bits per heavy atom. The van der Waals surface area contributed by atoms with Gasteiger partial charge in [-0.1, -0.05) is 12.1 Å². The van der Waals surface area contributed by atoms with Crippen LogP contribution in [0.3, 0.4) is 0 Å². The molecule has 0 unspecified atom stereocenters. The summed E-state index contributed by atoms with van der Waals surface area (Å²) in [4.78, 5) is 11.4. The Bertz CT molecular complexity index is 751. The van der Waals surface area contributed by atoms with E-state index < -0.39 is 16.0 Å². The number of carbonyl (C=O) groups is 1. The first-order chi connectivity index (χ1) is 9.97. The van der Waals surface area contributed by atoms with E-state index in [-0.39, 0.29) is 16.4 Å². The smallest absolute Gasteiger partial charge is 0.349 e. The molecule has 0 radical (unpaired) electrons. The lowest BCUT2D eigenvalue weighted by Gasteiger charge is -2.09. The Balaban J connectivity index is 2.34. The summed E-state index contributed by atoms with van der Waals surface area (Å²) in [6, 6.07) is 7.71. The van der Waals surface area contributed by atoms with Crippen LogP contribution in [0.15, 0.2) is 40.6 Å². The second kappa shape index (κ2) is 6.25. The van der Waals surface area contributed by atoms with E-state index in [4.69, 9.17) is 5.11 Å². The molecule has 0 saturated carbocycles. The zero-order valence-electron chi connectivity index (χ0n) is 11.1. The van der Waals surface area contributed by atoms with Crippen molar-refractivity contribution in [2.45, 2.75) is 11.5 Å². The van der Waals surface area contributed by atoms with Gasteiger partial charge < -0.3 is 9.84 Å². The van der Waals surface area contributed by atoms with E-state index in [0.717, 1.165) is 11.3 Å². The molecular formula is C13H13NO5S2. The molecule has 2 aromatic rings. The largest absolute Gasteiger partial charge is 0.465 e. The molecule has 112 valence electrons. The topological polar surface area (TPSA) is 92.7 Å². The Labute approximate surface area is 126 Å². The molecule has 21 heavy (non-hydrogen) atoms. The zero-order valence-corrected chi connectivity index (χ0v) is 12.7. The van der Waals surface area contributed by atoms with Gasteiger partial charge in [0.2, 0.25) is 0 Å². The molecule has 0 aliphatic rings. The third-order valence-corrected chi connectivity index (χ3v) is 5.10. The monoisotopic (exact) mass is 327 g/mol. The standard InChI is InChI=1S/C13H13NO5S2/c1-19-13(16)12-11(5-6-20-12)21(17,18)14-10-4-2-3-9(7-10)8-15/h2-7,14-15H,8H2,1H3. The maximum absolute atomic E-state index is 12.3. The predicted octanol–water partition coefficient (Wildman–Crippen LogP) is 1.83. The van der Waals surface area contributed by atoms with Crippen LogP contribution < -0.4 is 4.72 Å². The van der Waals surface area contributed by atoms with Crippen molar-refractivity contribution in [1.82, 2.24) is 0 Å². The number of nitrogens with one attached hydrogen (secondary N) is 1. The van der Waals surface area contributed by atoms with Crippen molar-refractivity contribution in [3.05, 3.63) is 46.2 Å². The van der Waals surface area contributed by atoms with Gasteiger partial charge in [0, 0.05) is 5.69 Å². The van der Waals surface area contributed by atoms with Crippen molar-refractivity contribution in [2.75, 3.05) is 11.8 Å². The van der Waals surface area contributed by atoms with Crippen molar-refractivity contribution < 1.29 is 23.1 Å². The van der Waals surface area contributed by atoms with Crippen molar-refractivity contribution in [3.63, 3.8) is 0 Å². The van der Waals surface area contributed by atoms with Gasteiger partial charge in [-0.25, -0.2) is 13.2 Å². The Hall–Kier alpha value is -1.90. The number of thiophene rings is 1. The molecule has 0 bridgehead atoms. The van der Waals surface area contributed by atoms with Gasteiger partial charge in [-0.3, -0.25) is 4.72 Å². The highest BCUT2D eigenvalue weighted by Crippen LogP contribution is 2.25. The first-order valence-electron chi connectivity index (χ1n) is 5.86. The van der Waals surface area contributed by atoms with Crippen LogP contribution in [-0.2, 0) is 21.4 Å². The number of methoxy groups -OCH3 is 1. The van der Waals surface area contributed by atoms with Crippen LogP contribution in [0.4, 0.5) is 5.69 Å². The van der Waals surface area contributed by atoms with Crippen LogP contribution in [0, 0.1) is 0 Å². The first kappa shape index (κ1) is 15.5. The minimum atomic E-state index is -3.90. The summed E-state index contributed by atoms with van der Waals surface area (Å²) in [7, 11) is -2.71. The Morgan fingerprint density at radius 3 is 2.81 bits per heavy atom. The fourth-order valence-electron chi connectivity index (χ4n) is 1.69. The number of carbonyl (C=O) groups excluding carboxylic acids is 1. The van der Waals surface area contributed by atoms with E-state index in [0.29, 0.717) is 11.3 Å². The summed E-state index contributed by atoms with van der Waals surface area (Å²) >= 11 is 0.994. The van der Waals surface area contributed by atoms with Gasteiger partial charge in [-0.05, 0) is 29.1 Å². The molecule has 1 aromatic carbocycles. The van der Waals surface area contributed by atoms with Gasteiger partial charge in [-0.15, -0.1) is 11.3 Å². The average Bonchev–Trinajstić information content (AvgIpc) is 2.96. The SMILES string of the molecule is COC(=O)c1sccc1S(=O)(=O)Nc1cccc(CO)c1. The number of hydrogen-bond acceptors (Lipinski definition) is 6. The summed E-state index contributed by atoms with van der Waals surface area (Å²) in [5.41, 5.74) is 0.886. The van der Waals surface area contributed by atoms with E-state index >= 15 is 0 Å². The normalized spacial score (nSPS) is 11.1. The highest BCUT2D eigenvalue weighted by Gasteiger charge is 2.24. The van der Waals surface area contributed by atoms with Crippen molar-refractivity contribution in [3.8, 4) is 0 Å². The van der Waals surface area contributed by atoms with E-state index in [1.54, 1.807) is 18.2 Å². The fourth-order valence-corrected chi connectivity index (χ4v) is 4.08. The first-order valence-corrected chi connectivity index (χ1v) is 8.22. The van der Waals surface area contributed by atoms with E-state index in [9.17, 15) is 13.2 Å². The Morgan fingerprint density at radius 2 is 2.14 bits per heavy atom. The molecule has 6 nitrogen and oxygen atoms in total. The Kier molecular flexibility index (Phi) is 4.61. The highest BCUT2D eigenvalue weighted by molar-refractivity contribution is 7.93. The zero-order chi connectivity index (χ0) is 15.5. The molecule has 0 atom stereocenters. The molecule has 1 heterocycles. The van der Waals surface area contributed by atoms with Gasteiger partial charge in [-0.2, -0.15) is 0 Å². The number of ether oxygens (including phenoxy) is 1. The molecule has 0 saturated heterocycles. The maximum Gasteiger partial charge on any atom is 0.349 e. The minimum Gasteiger partial charge on any atom is -0.465 e. The maximum atomic E-state index is 12.3. The molecular weight excluding hydrogens is 314 g/mol. The summed E-state index contributed by atoms with van der Waals surface area (Å²) in [6.45, 7) is -0.193. The minimum absolute atomic E-state index is 0.0170. The summed E-state index contributed by atoms with van der Waals surface area (Å²) in [5.74, 6) is -0.700. The summed E-state index contributed by atoms with van der Waals surface area (Å²) in [6.07, 6.45) is 0. The van der Waals surface area contributed by atoms with Gasteiger partial charge in [0.1, 0.15) is 9.77 Å². The molecule has 2 rings (SSSR count). The van der Waals surface area contributed by atoms with Gasteiger partial charge in [0.25, 0.3) is 10.0 Å². The number of anilines is 1. The second-order valence-electron chi connectivity index (χ2n) is 4.07. The number of sulfonamides is 1. The van der Waals surface area contributed by atoms with Gasteiger partial charge >= 0.3 is 5.97 Å². The molecule has 8 heteroatoms. The molecule has 1 aromatic heterocycles. The lowest BCUT2D eigenvalue weighted by molar-refractivity contribution is 0.0602. The third kappa shape index (κ3) is 3.41. The number of aliphatic hydroxyl groups excluding tert-OH is 1. The predicted molar refractivity (Wildman–Crippen MR) is 78.8 cm³/mol. The fraction of sp³-hybridized carbons (Fsp3) is 0.154. The van der Waals surface area contributed by atoms with Gasteiger partial charge in [0.15, 0.2) is 0 Å². The summed E-state index contributed by atoms with van der Waals surface area (Å²) in [5, 5.41) is 10.6. The second-order valence-corrected chi connectivity index (χ2v) is 6.64. The van der Waals surface area contributed by atoms with Crippen LogP contribution in [0.2, 0.25) is 0 Å². The third-order valence-electron chi connectivity index (χ3n) is 2.65. The van der Waals surface area contributed by atoms with Gasteiger partial charge in [0.05, 0.1) is 13.7 Å². The number of rotatable bonds is 5. The van der Waals surface area contributed by atoms with Crippen LogP contribution in [0.5, 0.6) is 0 Å². The number of hydrogen-bond donors (Lipinski definition) is 2.